The Bertz CT molecular complexity index is 1070. The second-order valence-electron chi connectivity index (χ2n) is 5.58. The number of furan rings is 1. The number of rotatable bonds is 5. The molecule has 0 aliphatic carbocycles. The van der Waals surface area contributed by atoms with E-state index in [2.05, 4.69) is 15.5 Å². The summed E-state index contributed by atoms with van der Waals surface area (Å²) in [6.07, 6.45) is 1.61. The maximum atomic E-state index is 11.8. The molecule has 7 nitrogen and oxygen atoms in total. The first-order chi connectivity index (χ1) is 12.2. The molecule has 0 radical (unpaired) electrons. The van der Waals surface area contributed by atoms with Gasteiger partial charge in [0.25, 0.3) is 0 Å². The molecule has 0 N–H and O–H groups in total. The highest BCUT2D eigenvalue weighted by molar-refractivity contribution is 7.98. The Labute approximate surface area is 146 Å². The summed E-state index contributed by atoms with van der Waals surface area (Å²) < 4.78 is 12.3. The van der Waals surface area contributed by atoms with Crippen molar-refractivity contribution >= 4 is 22.7 Å². The lowest BCUT2D eigenvalue weighted by molar-refractivity contribution is 0.462. The van der Waals surface area contributed by atoms with Gasteiger partial charge in [0, 0.05) is 17.2 Å². The first kappa shape index (κ1) is 15.6. The number of hydrogen-bond acceptors (Lipinski definition) is 7. The van der Waals surface area contributed by atoms with Gasteiger partial charge in [-0.2, -0.15) is 0 Å². The van der Waals surface area contributed by atoms with Crippen molar-refractivity contribution in [2.75, 3.05) is 0 Å². The van der Waals surface area contributed by atoms with Gasteiger partial charge in [-0.05, 0) is 46.7 Å². The SMILES string of the molecule is Cc1ccc2c(CSc3nnnn3Cc3ccco3)cc(=O)oc2c1. The average Bonchev–Trinajstić information content (AvgIpc) is 3.24. The highest BCUT2D eigenvalue weighted by Crippen LogP contribution is 2.25. The van der Waals surface area contributed by atoms with Gasteiger partial charge in [0.05, 0.1) is 6.26 Å². The molecule has 0 unspecified atom stereocenters. The van der Waals surface area contributed by atoms with Gasteiger partial charge in [-0.3, -0.25) is 0 Å². The average molecular weight is 354 g/mol. The zero-order chi connectivity index (χ0) is 17.2. The van der Waals surface area contributed by atoms with Gasteiger partial charge < -0.3 is 8.83 Å². The maximum Gasteiger partial charge on any atom is 0.336 e. The van der Waals surface area contributed by atoms with E-state index in [4.69, 9.17) is 8.83 Å². The van der Waals surface area contributed by atoms with E-state index in [0.29, 0.717) is 23.0 Å². The third kappa shape index (κ3) is 3.34. The number of benzene rings is 1. The molecular formula is C17H14N4O3S. The van der Waals surface area contributed by atoms with Gasteiger partial charge in [-0.15, -0.1) is 5.10 Å². The zero-order valence-electron chi connectivity index (χ0n) is 13.4. The third-order valence-electron chi connectivity index (χ3n) is 3.73. The van der Waals surface area contributed by atoms with Crippen molar-refractivity contribution in [2.24, 2.45) is 0 Å². The van der Waals surface area contributed by atoms with Crippen molar-refractivity contribution in [2.45, 2.75) is 24.4 Å². The van der Waals surface area contributed by atoms with Crippen LogP contribution in [0.4, 0.5) is 0 Å². The van der Waals surface area contributed by atoms with Gasteiger partial charge in [-0.1, -0.05) is 23.9 Å². The fraction of sp³-hybridized carbons (Fsp3) is 0.176. The largest absolute Gasteiger partial charge is 0.467 e. The molecule has 0 atom stereocenters. The molecule has 0 spiro atoms. The first-order valence-electron chi connectivity index (χ1n) is 7.64. The Morgan fingerprint density at radius 3 is 3.00 bits per heavy atom. The molecule has 0 amide bonds. The minimum atomic E-state index is -0.358. The Morgan fingerprint density at radius 2 is 2.16 bits per heavy atom. The fourth-order valence-corrected chi connectivity index (χ4v) is 3.42. The van der Waals surface area contributed by atoms with Crippen LogP contribution in [0.15, 0.2) is 61.4 Å². The number of aryl methyl sites for hydroxylation is 1. The summed E-state index contributed by atoms with van der Waals surface area (Å²) in [5, 5.41) is 13.3. The Balaban J connectivity index is 1.59. The van der Waals surface area contributed by atoms with Crippen LogP contribution in [0.5, 0.6) is 0 Å². The van der Waals surface area contributed by atoms with E-state index in [0.717, 1.165) is 22.3 Å². The summed E-state index contributed by atoms with van der Waals surface area (Å²) in [6.45, 7) is 2.42. The number of tetrazole rings is 1. The van der Waals surface area contributed by atoms with Crippen LogP contribution in [0.3, 0.4) is 0 Å². The predicted molar refractivity (Wildman–Crippen MR) is 92.4 cm³/mol. The second kappa shape index (κ2) is 6.56. The lowest BCUT2D eigenvalue weighted by Crippen LogP contribution is -2.04. The van der Waals surface area contributed by atoms with E-state index in [1.54, 1.807) is 10.9 Å². The lowest BCUT2D eigenvalue weighted by atomic mass is 10.1. The van der Waals surface area contributed by atoms with Gasteiger partial charge in [-0.25, -0.2) is 9.48 Å². The second-order valence-corrected chi connectivity index (χ2v) is 6.52. The van der Waals surface area contributed by atoms with E-state index >= 15 is 0 Å². The molecule has 3 aromatic heterocycles. The van der Waals surface area contributed by atoms with Crippen LogP contribution in [0, 0.1) is 6.92 Å². The Hall–Kier alpha value is -2.87. The molecule has 25 heavy (non-hydrogen) atoms. The number of aromatic nitrogens is 4. The molecule has 0 saturated carbocycles. The Morgan fingerprint density at radius 1 is 1.24 bits per heavy atom. The lowest BCUT2D eigenvalue weighted by Gasteiger charge is -2.06. The third-order valence-corrected chi connectivity index (χ3v) is 4.73. The molecule has 0 aliphatic rings. The molecule has 0 bridgehead atoms. The number of nitrogens with zero attached hydrogens (tertiary/aromatic N) is 4. The molecule has 1 aromatic carbocycles. The summed E-state index contributed by atoms with van der Waals surface area (Å²) >= 11 is 1.46. The summed E-state index contributed by atoms with van der Waals surface area (Å²) in [4.78, 5) is 11.8. The number of hydrogen-bond donors (Lipinski definition) is 0. The fourth-order valence-electron chi connectivity index (χ4n) is 2.55. The van der Waals surface area contributed by atoms with Crippen LogP contribution in [-0.4, -0.2) is 20.2 Å². The minimum Gasteiger partial charge on any atom is -0.467 e. The van der Waals surface area contributed by atoms with Crippen molar-refractivity contribution in [3.05, 3.63) is 70.0 Å². The van der Waals surface area contributed by atoms with Gasteiger partial charge in [0.15, 0.2) is 0 Å². The quantitative estimate of drug-likeness (QED) is 0.402. The van der Waals surface area contributed by atoms with Crippen LogP contribution in [0.25, 0.3) is 11.0 Å². The Kier molecular flexibility index (Phi) is 4.10. The monoisotopic (exact) mass is 354 g/mol. The summed E-state index contributed by atoms with van der Waals surface area (Å²) in [7, 11) is 0. The number of fused-ring (bicyclic) bond motifs is 1. The predicted octanol–water partition coefficient (Wildman–Crippen LogP) is 3.02. The molecule has 0 fully saturated rings. The van der Waals surface area contributed by atoms with E-state index in [-0.39, 0.29) is 5.63 Å². The van der Waals surface area contributed by atoms with Crippen molar-refractivity contribution in [1.82, 2.24) is 20.2 Å². The summed E-state index contributed by atoms with van der Waals surface area (Å²) in [5.74, 6) is 1.33. The van der Waals surface area contributed by atoms with Gasteiger partial charge >= 0.3 is 5.63 Å². The van der Waals surface area contributed by atoms with Gasteiger partial charge in [0.2, 0.25) is 5.16 Å². The van der Waals surface area contributed by atoms with Crippen LogP contribution < -0.4 is 5.63 Å². The standard InChI is InChI=1S/C17H14N4O3S/c1-11-4-5-14-12(8-16(22)24-15(14)7-11)10-25-17-18-19-20-21(17)9-13-3-2-6-23-13/h2-8H,9-10H2,1H3. The van der Waals surface area contributed by atoms with Crippen LogP contribution in [-0.2, 0) is 12.3 Å². The van der Waals surface area contributed by atoms with Crippen molar-refractivity contribution in [1.29, 1.82) is 0 Å². The number of thioether (sulfide) groups is 1. The van der Waals surface area contributed by atoms with Crippen LogP contribution in [0.1, 0.15) is 16.9 Å². The van der Waals surface area contributed by atoms with E-state index < -0.39 is 0 Å². The van der Waals surface area contributed by atoms with E-state index in [9.17, 15) is 4.79 Å². The summed E-state index contributed by atoms with van der Waals surface area (Å²) in [6, 6.07) is 11.0. The molecule has 4 rings (SSSR count). The minimum absolute atomic E-state index is 0.358. The molecule has 8 heteroatoms. The molecular weight excluding hydrogens is 340 g/mol. The first-order valence-corrected chi connectivity index (χ1v) is 8.62. The van der Waals surface area contributed by atoms with Crippen molar-refractivity contribution in [3.63, 3.8) is 0 Å². The zero-order valence-corrected chi connectivity index (χ0v) is 14.2. The normalized spacial score (nSPS) is 11.2. The molecule has 126 valence electrons. The van der Waals surface area contributed by atoms with E-state index in [1.165, 1.54) is 17.8 Å². The van der Waals surface area contributed by atoms with Crippen molar-refractivity contribution in [3.8, 4) is 0 Å². The molecule has 3 heterocycles. The topological polar surface area (TPSA) is 87.0 Å². The highest BCUT2D eigenvalue weighted by atomic mass is 32.2. The van der Waals surface area contributed by atoms with Crippen molar-refractivity contribution < 1.29 is 8.83 Å². The molecule has 0 aliphatic heterocycles. The van der Waals surface area contributed by atoms with E-state index in [1.807, 2.05) is 37.3 Å². The molecule has 4 aromatic rings. The highest BCUT2D eigenvalue weighted by Gasteiger charge is 2.12. The van der Waals surface area contributed by atoms with Crippen LogP contribution >= 0.6 is 11.8 Å². The van der Waals surface area contributed by atoms with Crippen LogP contribution in [0.2, 0.25) is 0 Å². The molecule has 0 saturated heterocycles. The van der Waals surface area contributed by atoms with Gasteiger partial charge in [0.1, 0.15) is 17.9 Å². The maximum absolute atomic E-state index is 11.8. The smallest absolute Gasteiger partial charge is 0.336 e. The summed E-state index contributed by atoms with van der Waals surface area (Å²) in [5.41, 5.74) is 2.17.